The lowest BCUT2D eigenvalue weighted by Gasteiger charge is -2.42. The van der Waals surface area contributed by atoms with Gasteiger partial charge in [-0.25, -0.2) is 4.98 Å². The summed E-state index contributed by atoms with van der Waals surface area (Å²) in [6.45, 7) is 1.71. The van der Waals surface area contributed by atoms with Crippen LogP contribution in [0.25, 0.3) is 10.9 Å². The molecule has 2 aromatic heterocycles. The molecule has 2 aliphatic rings. The molecular weight excluding hydrogens is 575 g/mol. The Balaban J connectivity index is 0.00000190. The van der Waals surface area contributed by atoms with Gasteiger partial charge < -0.3 is 25.8 Å². The molecule has 2 aliphatic heterocycles. The number of amides is 1. The Bertz CT molecular complexity index is 1290. The monoisotopic (exact) mass is 598 g/mol. The second-order valence-corrected chi connectivity index (χ2v) is 9.49. The summed E-state index contributed by atoms with van der Waals surface area (Å²) in [5.74, 6) is -0.163. The van der Waals surface area contributed by atoms with Gasteiger partial charge in [0.2, 0.25) is 5.91 Å². The number of anilines is 1. The van der Waals surface area contributed by atoms with Crippen molar-refractivity contribution < 1.29 is 18.0 Å². The van der Waals surface area contributed by atoms with Crippen molar-refractivity contribution in [3.63, 3.8) is 0 Å². The second-order valence-electron chi connectivity index (χ2n) is 8.65. The number of benzene rings is 1. The molecule has 0 aliphatic carbocycles. The van der Waals surface area contributed by atoms with E-state index in [0.29, 0.717) is 31.1 Å². The summed E-state index contributed by atoms with van der Waals surface area (Å²) in [5.41, 5.74) is 7.83. The van der Waals surface area contributed by atoms with Crippen molar-refractivity contribution >= 4 is 70.6 Å². The van der Waals surface area contributed by atoms with Gasteiger partial charge in [0.25, 0.3) is 0 Å². The molecule has 0 spiro atoms. The Kier molecular flexibility index (Phi) is 9.14. The molecule has 1 amide bonds. The minimum absolute atomic E-state index is 0. The van der Waals surface area contributed by atoms with E-state index in [1.165, 1.54) is 12.1 Å². The number of halogens is 7. The average molecular weight is 600 g/mol. The third kappa shape index (κ3) is 5.46. The number of pyridine rings is 1. The van der Waals surface area contributed by atoms with Crippen molar-refractivity contribution in [2.24, 2.45) is 5.73 Å². The number of hydrogen-bond donors (Lipinski definition) is 3. The Labute approximate surface area is 233 Å². The van der Waals surface area contributed by atoms with Crippen molar-refractivity contribution in [2.45, 2.75) is 24.7 Å². The van der Waals surface area contributed by atoms with Gasteiger partial charge in [-0.1, -0.05) is 23.2 Å². The van der Waals surface area contributed by atoms with Gasteiger partial charge in [-0.2, -0.15) is 13.2 Å². The molecule has 0 bridgehead atoms. The van der Waals surface area contributed by atoms with Gasteiger partial charge in [-0.15, -0.1) is 24.8 Å². The highest BCUT2D eigenvalue weighted by Gasteiger charge is 2.40. The molecule has 202 valence electrons. The molecule has 4 N–H and O–H groups in total. The van der Waals surface area contributed by atoms with Crippen molar-refractivity contribution in [1.29, 1.82) is 0 Å². The fraction of sp³-hybridized carbons (Fsp3) is 0.391. The third-order valence-electron chi connectivity index (χ3n) is 6.64. The minimum Gasteiger partial charge on any atom is -0.356 e. The molecule has 3 aromatic rings. The van der Waals surface area contributed by atoms with Crippen LogP contribution in [0.1, 0.15) is 23.0 Å². The first-order valence-corrected chi connectivity index (χ1v) is 12.0. The number of aromatic amines is 1. The highest BCUT2D eigenvalue weighted by molar-refractivity contribution is 6.31. The number of carbonyl (C=O) groups excluding carboxylic acids is 1. The number of alkyl halides is 3. The molecule has 2 unspecified atom stereocenters. The van der Waals surface area contributed by atoms with Crippen molar-refractivity contribution in [3.8, 4) is 0 Å². The summed E-state index contributed by atoms with van der Waals surface area (Å²) in [4.78, 5) is 24.3. The van der Waals surface area contributed by atoms with Crippen LogP contribution < -0.4 is 16.0 Å². The second kappa shape index (κ2) is 11.4. The quantitative estimate of drug-likeness (QED) is 0.410. The number of H-pyrrole nitrogens is 1. The van der Waals surface area contributed by atoms with Gasteiger partial charge in [0.15, 0.2) is 5.69 Å². The number of nitrogens with two attached hydrogens (primary N) is 1. The predicted molar refractivity (Wildman–Crippen MR) is 143 cm³/mol. The van der Waals surface area contributed by atoms with E-state index >= 15 is 0 Å². The molecule has 4 heterocycles. The molecule has 7 nitrogen and oxygen atoms in total. The van der Waals surface area contributed by atoms with E-state index in [9.17, 15) is 18.0 Å². The minimum atomic E-state index is -4.70. The maximum Gasteiger partial charge on any atom is 0.434 e. The van der Waals surface area contributed by atoms with Crippen LogP contribution in [0.4, 0.5) is 19.0 Å². The van der Waals surface area contributed by atoms with Gasteiger partial charge in [0.1, 0.15) is 11.9 Å². The average Bonchev–Trinajstić information content (AvgIpc) is 3.20. The van der Waals surface area contributed by atoms with Crippen LogP contribution in [0.2, 0.25) is 10.0 Å². The van der Waals surface area contributed by atoms with Crippen LogP contribution in [-0.2, 0) is 17.4 Å². The van der Waals surface area contributed by atoms with E-state index in [2.05, 4.69) is 15.3 Å². The Hall–Kier alpha value is -1.95. The van der Waals surface area contributed by atoms with E-state index < -0.39 is 29.0 Å². The van der Waals surface area contributed by atoms with Crippen LogP contribution in [-0.4, -0.2) is 59.5 Å². The van der Waals surface area contributed by atoms with Gasteiger partial charge in [0.05, 0.1) is 11.1 Å². The van der Waals surface area contributed by atoms with Gasteiger partial charge >= 0.3 is 6.18 Å². The van der Waals surface area contributed by atoms with Crippen LogP contribution in [0.5, 0.6) is 0 Å². The van der Waals surface area contributed by atoms with Crippen LogP contribution in [0.3, 0.4) is 0 Å². The standard InChI is InChI=1S/C23H23Cl2F3N6O.2ClH/c24-12-1-3-16-14(9-12)13-5-7-34(17(10-29)20(13)31-16)22(35)18-11-30-6-8-33(18)19-4-2-15(25)21(32-19)23(26,27)28;;/h1-4,9,17-18,30-31H,5-8,10-11,29H2;2*1H. The first-order chi connectivity index (χ1) is 16.7. The third-order valence-corrected chi connectivity index (χ3v) is 7.18. The maximum atomic E-state index is 13.8. The van der Waals surface area contributed by atoms with E-state index in [0.717, 1.165) is 22.2 Å². The van der Waals surface area contributed by atoms with Crippen molar-refractivity contribution in [1.82, 2.24) is 20.2 Å². The van der Waals surface area contributed by atoms with Crippen LogP contribution in [0.15, 0.2) is 30.3 Å². The molecule has 1 fully saturated rings. The first-order valence-electron chi connectivity index (χ1n) is 11.2. The lowest BCUT2D eigenvalue weighted by atomic mass is 9.96. The largest absolute Gasteiger partial charge is 0.434 e. The summed E-state index contributed by atoms with van der Waals surface area (Å²) in [6, 6.07) is 7.03. The summed E-state index contributed by atoms with van der Waals surface area (Å²) >= 11 is 11.9. The molecule has 14 heteroatoms. The lowest BCUT2D eigenvalue weighted by molar-refractivity contribution is -0.141. The van der Waals surface area contributed by atoms with E-state index in [4.69, 9.17) is 28.9 Å². The molecule has 37 heavy (non-hydrogen) atoms. The zero-order valence-electron chi connectivity index (χ0n) is 19.3. The number of carbonyl (C=O) groups is 1. The number of rotatable bonds is 3. The fourth-order valence-corrected chi connectivity index (χ4v) is 5.41. The molecular formula is C23H25Cl4F3N6O. The van der Waals surface area contributed by atoms with Gasteiger partial charge in [0, 0.05) is 54.3 Å². The number of piperazine rings is 1. The fourth-order valence-electron chi connectivity index (χ4n) is 5.03. The number of aromatic nitrogens is 2. The maximum absolute atomic E-state index is 13.8. The topological polar surface area (TPSA) is 90.3 Å². The zero-order chi connectivity index (χ0) is 24.9. The van der Waals surface area contributed by atoms with Crippen LogP contribution >= 0.6 is 48.0 Å². The molecule has 5 rings (SSSR count). The summed E-state index contributed by atoms with van der Waals surface area (Å²) in [5, 5.41) is 4.32. The Morgan fingerprint density at radius 3 is 2.62 bits per heavy atom. The zero-order valence-corrected chi connectivity index (χ0v) is 22.5. The summed E-state index contributed by atoms with van der Waals surface area (Å²) in [6.07, 6.45) is -4.09. The highest BCUT2D eigenvalue weighted by atomic mass is 35.5. The SMILES string of the molecule is Cl.Cl.NCC1c2[nH]c3ccc(Cl)cc3c2CCN1C(=O)C1CNCCN1c1ccc(Cl)c(C(F)(F)F)n1. The Morgan fingerprint density at radius 1 is 1.16 bits per heavy atom. The van der Waals surface area contributed by atoms with Gasteiger partial charge in [-0.3, -0.25) is 4.79 Å². The van der Waals surface area contributed by atoms with Gasteiger partial charge in [-0.05, 0) is 42.3 Å². The summed E-state index contributed by atoms with van der Waals surface area (Å²) in [7, 11) is 0. The number of nitrogens with one attached hydrogen (secondary N) is 2. The molecule has 1 aromatic carbocycles. The number of nitrogens with zero attached hydrogens (tertiary/aromatic N) is 3. The van der Waals surface area contributed by atoms with E-state index in [1.54, 1.807) is 15.9 Å². The highest BCUT2D eigenvalue weighted by Crippen LogP contribution is 2.37. The summed E-state index contributed by atoms with van der Waals surface area (Å²) < 4.78 is 40.2. The molecule has 0 radical (unpaired) electrons. The Morgan fingerprint density at radius 2 is 1.92 bits per heavy atom. The first kappa shape index (κ1) is 29.6. The van der Waals surface area contributed by atoms with E-state index in [1.807, 2.05) is 12.1 Å². The van der Waals surface area contributed by atoms with Crippen molar-refractivity contribution in [2.75, 3.05) is 37.6 Å². The smallest absolute Gasteiger partial charge is 0.356 e. The lowest BCUT2D eigenvalue weighted by Crippen LogP contribution is -2.60. The number of fused-ring (bicyclic) bond motifs is 3. The van der Waals surface area contributed by atoms with Crippen LogP contribution in [0, 0.1) is 0 Å². The predicted octanol–water partition coefficient (Wildman–Crippen LogP) is 4.60. The molecule has 2 atom stereocenters. The van der Waals surface area contributed by atoms with E-state index in [-0.39, 0.29) is 49.6 Å². The molecule has 1 saturated heterocycles. The molecule has 0 saturated carbocycles. The normalized spacial score (nSPS) is 19.7. The van der Waals surface area contributed by atoms with Crippen molar-refractivity contribution in [3.05, 3.63) is 57.3 Å². The number of hydrogen-bond acceptors (Lipinski definition) is 5.